The quantitative estimate of drug-likeness (QED) is 0.791. The Morgan fingerprint density at radius 2 is 2.33 bits per heavy atom. The van der Waals surface area contributed by atoms with Gasteiger partial charge >= 0.3 is 0 Å². The molecular weight excluding hydrogens is 234 g/mol. The molecule has 0 atom stereocenters. The van der Waals surface area contributed by atoms with Gasteiger partial charge in [-0.3, -0.25) is 0 Å². The van der Waals surface area contributed by atoms with Gasteiger partial charge in [-0.15, -0.1) is 5.10 Å². The summed E-state index contributed by atoms with van der Waals surface area (Å²) in [5.74, 6) is 0.469. The van der Waals surface area contributed by atoms with Gasteiger partial charge in [0, 0.05) is 0 Å². The van der Waals surface area contributed by atoms with E-state index in [1.165, 1.54) is 17.1 Å². The van der Waals surface area contributed by atoms with Gasteiger partial charge < -0.3 is 5.73 Å². The van der Waals surface area contributed by atoms with Crippen LogP contribution in [0.1, 0.15) is 5.56 Å². The van der Waals surface area contributed by atoms with Crippen LogP contribution in [0.4, 0.5) is 0 Å². The summed E-state index contributed by atoms with van der Waals surface area (Å²) in [6.07, 6.45) is 4.62. The fourth-order valence-electron chi connectivity index (χ4n) is 1.10. The Kier molecular flexibility index (Phi) is 2.61. The van der Waals surface area contributed by atoms with Crippen LogP contribution >= 0.6 is 23.8 Å². The number of rotatable bonds is 2. The van der Waals surface area contributed by atoms with Crippen molar-refractivity contribution >= 4 is 28.8 Å². The molecule has 0 aliphatic rings. The van der Waals surface area contributed by atoms with Crippen LogP contribution in [0.5, 0.6) is 0 Å². The molecule has 15 heavy (non-hydrogen) atoms. The zero-order valence-corrected chi connectivity index (χ0v) is 9.03. The Hall–Kier alpha value is -1.53. The molecule has 76 valence electrons. The second kappa shape index (κ2) is 3.92. The summed E-state index contributed by atoms with van der Waals surface area (Å²) in [5, 5.41) is 12.2. The zero-order valence-electron chi connectivity index (χ0n) is 7.46. The highest BCUT2D eigenvalue weighted by Gasteiger charge is 2.09. The lowest BCUT2D eigenvalue weighted by atomic mass is 10.3. The van der Waals surface area contributed by atoms with Crippen LogP contribution in [0.25, 0.3) is 5.82 Å². The van der Waals surface area contributed by atoms with E-state index in [-0.39, 0.29) is 4.99 Å². The third-order valence-corrected chi connectivity index (χ3v) is 2.15. The van der Waals surface area contributed by atoms with E-state index in [0.29, 0.717) is 16.4 Å². The minimum Gasteiger partial charge on any atom is -0.389 e. The van der Waals surface area contributed by atoms with E-state index in [9.17, 15) is 0 Å². The van der Waals surface area contributed by atoms with E-state index >= 15 is 0 Å². The summed E-state index contributed by atoms with van der Waals surface area (Å²) in [6.45, 7) is 0. The van der Waals surface area contributed by atoms with Crippen LogP contribution in [-0.4, -0.2) is 25.0 Å². The minimum absolute atomic E-state index is 0.242. The van der Waals surface area contributed by atoms with Gasteiger partial charge in [0.2, 0.25) is 0 Å². The number of nitrogens with two attached hydrogens (primary N) is 1. The van der Waals surface area contributed by atoms with E-state index in [0.717, 1.165) is 0 Å². The lowest BCUT2D eigenvalue weighted by Crippen LogP contribution is -2.15. The summed E-state index contributed by atoms with van der Waals surface area (Å²) >= 11 is 10.6. The zero-order chi connectivity index (χ0) is 10.8. The highest BCUT2D eigenvalue weighted by molar-refractivity contribution is 7.80. The molecule has 0 aliphatic carbocycles. The second-order valence-electron chi connectivity index (χ2n) is 2.74. The van der Waals surface area contributed by atoms with Gasteiger partial charge in [0.15, 0.2) is 5.82 Å². The van der Waals surface area contributed by atoms with Crippen LogP contribution < -0.4 is 5.73 Å². The highest BCUT2D eigenvalue weighted by atomic mass is 35.5. The molecule has 5 nitrogen and oxygen atoms in total. The highest BCUT2D eigenvalue weighted by Crippen LogP contribution is 2.12. The number of thiocarbonyl (C=S) groups is 1. The third-order valence-electron chi connectivity index (χ3n) is 1.73. The number of nitrogens with zero attached hydrogens (tertiary/aromatic N) is 4. The molecule has 2 N–H and O–H groups in total. The van der Waals surface area contributed by atoms with Crippen molar-refractivity contribution in [1.29, 1.82) is 0 Å². The number of halogens is 1. The third kappa shape index (κ3) is 1.95. The van der Waals surface area contributed by atoms with Gasteiger partial charge in [0.25, 0.3) is 0 Å². The van der Waals surface area contributed by atoms with Crippen LogP contribution in [0.15, 0.2) is 24.7 Å². The summed E-state index contributed by atoms with van der Waals surface area (Å²) in [5.41, 5.74) is 6.16. The summed E-state index contributed by atoms with van der Waals surface area (Å²) in [7, 11) is 0. The molecule has 0 saturated heterocycles. The molecule has 7 heteroatoms. The van der Waals surface area contributed by atoms with E-state index in [2.05, 4.69) is 15.3 Å². The van der Waals surface area contributed by atoms with E-state index in [4.69, 9.17) is 29.6 Å². The molecule has 2 aromatic heterocycles. The van der Waals surface area contributed by atoms with Crippen molar-refractivity contribution in [3.63, 3.8) is 0 Å². The molecule has 0 amide bonds. The Morgan fingerprint density at radius 3 is 2.93 bits per heavy atom. The van der Waals surface area contributed by atoms with Gasteiger partial charge in [-0.2, -0.15) is 10.2 Å². The predicted molar refractivity (Wildman–Crippen MR) is 60.1 cm³/mol. The smallest absolute Gasteiger partial charge is 0.185 e. The van der Waals surface area contributed by atoms with Crippen LogP contribution in [0, 0.1) is 0 Å². The maximum absolute atomic E-state index is 5.75. The molecule has 2 heterocycles. The molecule has 0 radical (unpaired) electrons. The SMILES string of the molecule is NC(=S)c1ccnnc1-n1cc(Cl)cn1. The first-order chi connectivity index (χ1) is 7.18. The fourth-order valence-corrected chi connectivity index (χ4v) is 1.40. The first-order valence-corrected chi connectivity index (χ1v) is 4.79. The lowest BCUT2D eigenvalue weighted by Gasteiger charge is -2.04. The molecule has 0 fully saturated rings. The van der Waals surface area contributed by atoms with Crippen molar-refractivity contribution in [1.82, 2.24) is 20.0 Å². The Balaban J connectivity index is 2.57. The fraction of sp³-hybridized carbons (Fsp3) is 0. The maximum Gasteiger partial charge on any atom is 0.185 e. The van der Waals surface area contributed by atoms with Gasteiger partial charge in [-0.05, 0) is 6.07 Å². The topological polar surface area (TPSA) is 69.6 Å². The van der Waals surface area contributed by atoms with Gasteiger partial charge in [0.1, 0.15) is 4.99 Å². The number of hydrogen-bond acceptors (Lipinski definition) is 4. The maximum atomic E-state index is 5.75. The summed E-state index contributed by atoms with van der Waals surface area (Å²) < 4.78 is 1.48. The Labute approximate surface area is 95.9 Å². The molecule has 0 unspecified atom stereocenters. The largest absolute Gasteiger partial charge is 0.389 e. The monoisotopic (exact) mass is 239 g/mol. The number of aromatic nitrogens is 4. The van der Waals surface area contributed by atoms with Crippen molar-refractivity contribution in [3.8, 4) is 5.82 Å². The molecule has 0 aliphatic heterocycles. The Morgan fingerprint density at radius 1 is 1.53 bits per heavy atom. The van der Waals surface area contributed by atoms with E-state index < -0.39 is 0 Å². The van der Waals surface area contributed by atoms with Crippen molar-refractivity contribution < 1.29 is 0 Å². The number of hydrogen-bond donors (Lipinski definition) is 1. The van der Waals surface area contributed by atoms with Crippen LogP contribution in [-0.2, 0) is 0 Å². The second-order valence-corrected chi connectivity index (χ2v) is 3.61. The van der Waals surface area contributed by atoms with Gasteiger partial charge in [-0.1, -0.05) is 23.8 Å². The standard InChI is InChI=1S/C8H6ClN5S/c9-5-3-12-14(4-5)8-6(7(10)15)1-2-11-13-8/h1-4H,(H2,10,15). The molecule has 0 spiro atoms. The molecule has 2 aromatic rings. The van der Waals surface area contributed by atoms with E-state index in [1.54, 1.807) is 12.3 Å². The Bertz CT molecular complexity index is 509. The molecule has 0 saturated carbocycles. The van der Waals surface area contributed by atoms with Gasteiger partial charge in [-0.25, -0.2) is 4.68 Å². The normalized spacial score (nSPS) is 10.2. The molecule has 2 rings (SSSR count). The van der Waals surface area contributed by atoms with E-state index in [1.807, 2.05) is 0 Å². The summed E-state index contributed by atoms with van der Waals surface area (Å²) in [6, 6.07) is 1.68. The average molecular weight is 240 g/mol. The summed E-state index contributed by atoms with van der Waals surface area (Å²) in [4.78, 5) is 0.242. The van der Waals surface area contributed by atoms with Crippen molar-refractivity contribution in [3.05, 3.63) is 35.2 Å². The first-order valence-electron chi connectivity index (χ1n) is 4.00. The van der Waals surface area contributed by atoms with Crippen molar-refractivity contribution in [2.75, 3.05) is 0 Å². The van der Waals surface area contributed by atoms with Crippen LogP contribution in [0.2, 0.25) is 5.02 Å². The lowest BCUT2D eigenvalue weighted by molar-refractivity contribution is 0.812. The molecule has 0 aromatic carbocycles. The van der Waals surface area contributed by atoms with Crippen molar-refractivity contribution in [2.45, 2.75) is 0 Å². The van der Waals surface area contributed by atoms with Gasteiger partial charge in [0.05, 0.1) is 29.2 Å². The van der Waals surface area contributed by atoms with Crippen LogP contribution in [0.3, 0.4) is 0 Å². The predicted octanol–water partition coefficient (Wildman–Crippen LogP) is 0.950. The van der Waals surface area contributed by atoms with Crippen molar-refractivity contribution in [2.24, 2.45) is 5.73 Å². The molecule has 0 bridgehead atoms. The molecular formula is C8H6ClN5S. The first kappa shape index (κ1) is 10.0. The minimum atomic E-state index is 0.242. The average Bonchev–Trinajstić information content (AvgIpc) is 2.65.